The summed E-state index contributed by atoms with van der Waals surface area (Å²) in [5, 5.41) is 5.35. The number of methoxy groups -OCH3 is 1. The fourth-order valence-corrected chi connectivity index (χ4v) is 3.06. The van der Waals surface area contributed by atoms with Crippen LogP contribution >= 0.6 is 0 Å². The maximum Gasteiger partial charge on any atom is 0.337 e. The van der Waals surface area contributed by atoms with Crippen molar-refractivity contribution in [1.29, 1.82) is 0 Å². The van der Waals surface area contributed by atoms with E-state index in [0.29, 0.717) is 40.3 Å². The lowest BCUT2D eigenvalue weighted by molar-refractivity contribution is -0.115. The number of rotatable bonds is 7. The molecular weight excluding hydrogens is 432 g/mol. The van der Waals surface area contributed by atoms with Gasteiger partial charge < -0.3 is 20.1 Å². The third-order valence-corrected chi connectivity index (χ3v) is 4.62. The van der Waals surface area contributed by atoms with Crippen molar-refractivity contribution < 1.29 is 23.9 Å². The van der Waals surface area contributed by atoms with Crippen LogP contribution in [0.2, 0.25) is 0 Å². The summed E-state index contributed by atoms with van der Waals surface area (Å²) >= 11 is 0. The molecule has 172 valence electrons. The van der Waals surface area contributed by atoms with E-state index in [1.54, 1.807) is 72.8 Å². The summed E-state index contributed by atoms with van der Waals surface area (Å²) in [6.07, 6.45) is 0. The van der Waals surface area contributed by atoms with Gasteiger partial charge in [-0.1, -0.05) is 36.1 Å². The molecule has 0 aromatic heterocycles. The van der Waals surface area contributed by atoms with E-state index in [2.05, 4.69) is 22.5 Å². The molecule has 0 spiro atoms. The molecule has 3 aromatic carbocycles. The molecule has 0 aliphatic heterocycles. The Bertz CT molecular complexity index is 1260. The molecule has 34 heavy (non-hydrogen) atoms. The summed E-state index contributed by atoms with van der Waals surface area (Å²) in [4.78, 5) is 36.4. The van der Waals surface area contributed by atoms with Gasteiger partial charge in [0.15, 0.2) is 0 Å². The summed E-state index contributed by atoms with van der Waals surface area (Å²) in [7, 11) is 1.33. The highest BCUT2D eigenvalue weighted by atomic mass is 16.5. The van der Waals surface area contributed by atoms with Gasteiger partial charge in [-0.15, -0.1) is 0 Å². The highest BCUT2D eigenvalue weighted by Gasteiger charge is 2.13. The second-order valence-corrected chi connectivity index (χ2v) is 7.06. The number of carbonyl (C=O) groups excluding carboxylic acids is 3. The predicted octanol–water partition coefficient (Wildman–Crippen LogP) is 3.64. The average Bonchev–Trinajstić information content (AvgIpc) is 2.86. The van der Waals surface area contributed by atoms with Crippen LogP contribution in [0.4, 0.5) is 5.69 Å². The Labute approximate surface area is 198 Å². The first-order valence-electron chi connectivity index (χ1n) is 10.6. The molecule has 3 aromatic rings. The zero-order valence-electron chi connectivity index (χ0n) is 18.9. The molecule has 3 rings (SSSR count). The standard InChI is InChI=1S/C27H24N2O5/c1-3-34-24-13-5-4-12-23(24)26(31)28-18-25(30)29-22-11-7-9-20(17-22)15-14-19-8-6-10-21(16-19)27(32)33-2/h4-13,16-17H,3,18H2,1-2H3,(H,28,31)(H,29,30). The van der Waals surface area contributed by atoms with Gasteiger partial charge >= 0.3 is 5.97 Å². The van der Waals surface area contributed by atoms with Gasteiger partial charge in [0.25, 0.3) is 5.91 Å². The second kappa shape index (κ2) is 11.9. The molecule has 7 nitrogen and oxygen atoms in total. The van der Waals surface area contributed by atoms with Crippen LogP contribution in [0.5, 0.6) is 5.75 Å². The lowest BCUT2D eigenvalue weighted by atomic mass is 10.1. The summed E-state index contributed by atoms with van der Waals surface area (Å²) in [5.74, 6) is 5.27. The first-order valence-corrected chi connectivity index (χ1v) is 10.6. The molecular formula is C27H24N2O5. The van der Waals surface area contributed by atoms with Crippen molar-refractivity contribution in [3.8, 4) is 17.6 Å². The molecule has 2 amide bonds. The van der Waals surface area contributed by atoms with Crippen molar-refractivity contribution in [2.24, 2.45) is 0 Å². The number of para-hydroxylation sites is 1. The summed E-state index contributed by atoms with van der Waals surface area (Å²) < 4.78 is 10.2. The van der Waals surface area contributed by atoms with Crippen LogP contribution in [0.1, 0.15) is 38.8 Å². The number of esters is 1. The number of benzene rings is 3. The zero-order valence-corrected chi connectivity index (χ0v) is 18.9. The third kappa shape index (κ3) is 6.71. The minimum Gasteiger partial charge on any atom is -0.493 e. The molecule has 0 unspecified atom stereocenters. The second-order valence-electron chi connectivity index (χ2n) is 7.06. The monoisotopic (exact) mass is 456 g/mol. The number of anilines is 1. The molecule has 0 atom stereocenters. The molecule has 0 saturated heterocycles. The van der Waals surface area contributed by atoms with Gasteiger partial charge in [-0.05, 0) is 55.5 Å². The van der Waals surface area contributed by atoms with Crippen LogP contribution in [0.25, 0.3) is 0 Å². The van der Waals surface area contributed by atoms with Crippen molar-refractivity contribution in [1.82, 2.24) is 5.32 Å². The van der Waals surface area contributed by atoms with Crippen LogP contribution < -0.4 is 15.4 Å². The molecule has 2 N–H and O–H groups in total. The number of hydrogen-bond donors (Lipinski definition) is 2. The summed E-state index contributed by atoms with van der Waals surface area (Å²) in [5.41, 5.74) is 2.67. The minimum atomic E-state index is -0.429. The Balaban J connectivity index is 1.61. The van der Waals surface area contributed by atoms with E-state index >= 15 is 0 Å². The molecule has 0 bridgehead atoms. The molecule has 0 aliphatic rings. The lowest BCUT2D eigenvalue weighted by Gasteiger charge is -2.10. The largest absolute Gasteiger partial charge is 0.493 e. The number of ether oxygens (including phenoxy) is 2. The third-order valence-electron chi connectivity index (χ3n) is 4.62. The minimum absolute atomic E-state index is 0.199. The van der Waals surface area contributed by atoms with Gasteiger partial charge in [0, 0.05) is 16.8 Å². The number of nitrogens with one attached hydrogen (secondary N) is 2. The summed E-state index contributed by atoms with van der Waals surface area (Å²) in [6, 6.07) is 20.7. The fourth-order valence-electron chi connectivity index (χ4n) is 3.06. The Morgan fingerprint density at radius 2 is 1.59 bits per heavy atom. The zero-order chi connectivity index (χ0) is 24.3. The highest BCUT2D eigenvalue weighted by molar-refractivity contribution is 6.00. The molecule has 0 fully saturated rings. The van der Waals surface area contributed by atoms with E-state index in [9.17, 15) is 14.4 Å². The van der Waals surface area contributed by atoms with Crippen molar-refractivity contribution >= 4 is 23.5 Å². The average molecular weight is 456 g/mol. The molecule has 0 aliphatic carbocycles. The van der Waals surface area contributed by atoms with E-state index in [0.717, 1.165) is 0 Å². The molecule has 0 saturated carbocycles. The fraction of sp³-hybridized carbons (Fsp3) is 0.148. The van der Waals surface area contributed by atoms with Crippen LogP contribution in [0.15, 0.2) is 72.8 Å². The van der Waals surface area contributed by atoms with Gasteiger partial charge in [-0.25, -0.2) is 4.79 Å². The van der Waals surface area contributed by atoms with Gasteiger partial charge in [0.2, 0.25) is 5.91 Å². The Morgan fingerprint density at radius 3 is 2.32 bits per heavy atom. The van der Waals surface area contributed by atoms with Crippen LogP contribution in [0.3, 0.4) is 0 Å². The SMILES string of the molecule is CCOc1ccccc1C(=O)NCC(=O)Nc1cccc(C#Cc2cccc(C(=O)OC)c2)c1. The Hall–Kier alpha value is -4.57. The van der Waals surface area contributed by atoms with E-state index < -0.39 is 11.9 Å². The Morgan fingerprint density at radius 1 is 0.882 bits per heavy atom. The van der Waals surface area contributed by atoms with Gasteiger partial charge in [0.1, 0.15) is 5.75 Å². The van der Waals surface area contributed by atoms with Crippen molar-refractivity contribution in [2.45, 2.75) is 6.92 Å². The molecule has 0 heterocycles. The van der Waals surface area contributed by atoms with Gasteiger partial charge in [0.05, 0.1) is 31.4 Å². The van der Waals surface area contributed by atoms with Crippen molar-refractivity contribution in [3.63, 3.8) is 0 Å². The number of hydrogen-bond acceptors (Lipinski definition) is 5. The quantitative estimate of drug-likeness (QED) is 0.418. The molecule has 7 heteroatoms. The number of amides is 2. The van der Waals surface area contributed by atoms with Crippen LogP contribution in [0, 0.1) is 11.8 Å². The van der Waals surface area contributed by atoms with Crippen LogP contribution in [-0.2, 0) is 9.53 Å². The normalized spacial score (nSPS) is 9.82. The van der Waals surface area contributed by atoms with E-state index in [4.69, 9.17) is 9.47 Å². The first kappa shape index (κ1) is 24.1. The maximum atomic E-state index is 12.4. The topological polar surface area (TPSA) is 93.7 Å². The highest BCUT2D eigenvalue weighted by Crippen LogP contribution is 2.17. The molecule has 0 radical (unpaired) electrons. The smallest absolute Gasteiger partial charge is 0.337 e. The van der Waals surface area contributed by atoms with Crippen LogP contribution in [-0.4, -0.2) is 38.0 Å². The Kier molecular flexibility index (Phi) is 8.42. The van der Waals surface area contributed by atoms with E-state index in [1.807, 2.05) is 6.92 Å². The van der Waals surface area contributed by atoms with Gasteiger partial charge in [-0.3, -0.25) is 9.59 Å². The van der Waals surface area contributed by atoms with Gasteiger partial charge in [-0.2, -0.15) is 0 Å². The van der Waals surface area contributed by atoms with E-state index in [-0.39, 0.29) is 12.5 Å². The summed E-state index contributed by atoms with van der Waals surface area (Å²) in [6.45, 7) is 2.07. The first-order chi connectivity index (χ1) is 16.5. The number of carbonyl (C=O) groups is 3. The van der Waals surface area contributed by atoms with Crippen molar-refractivity contribution in [3.05, 3.63) is 95.1 Å². The van der Waals surface area contributed by atoms with E-state index in [1.165, 1.54) is 7.11 Å². The maximum absolute atomic E-state index is 12.4. The predicted molar refractivity (Wildman–Crippen MR) is 129 cm³/mol. The van der Waals surface area contributed by atoms with Crippen molar-refractivity contribution in [2.75, 3.05) is 25.6 Å². The lowest BCUT2D eigenvalue weighted by Crippen LogP contribution is -2.33.